The van der Waals surface area contributed by atoms with Gasteiger partial charge in [-0.3, -0.25) is 19.3 Å². The van der Waals surface area contributed by atoms with Gasteiger partial charge in [0.1, 0.15) is 6.54 Å². The van der Waals surface area contributed by atoms with Gasteiger partial charge in [-0.15, -0.1) is 0 Å². The van der Waals surface area contributed by atoms with Gasteiger partial charge < -0.3 is 14.8 Å². The van der Waals surface area contributed by atoms with Gasteiger partial charge in [-0.2, -0.15) is 0 Å². The average molecular weight is 483 g/mol. The fourth-order valence-electron chi connectivity index (χ4n) is 3.23. The second-order valence-electron chi connectivity index (χ2n) is 8.71. The molecule has 7 nitrogen and oxygen atoms in total. The summed E-state index contributed by atoms with van der Waals surface area (Å²) < 4.78 is 11.2. The maximum absolute atomic E-state index is 12.8. The number of methoxy groups -OCH3 is 1. The molecule has 1 heterocycles. The third kappa shape index (κ3) is 6.41. The molecule has 2 aromatic carbocycles. The van der Waals surface area contributed by atoms with Gasteiger partial charge in [-0.25, -0.2) is 0 Å². The van der Waals surface area contributed by atoms with Crippen LogP contribution in [0.15, 0.2) is 47.4 Å². The summed E-state index contributed by atoms with van der Waals surface area (Å²) in [6.45, 7) is 8.50. The number of imide groups is 1. The summed E-state index contributed by atoms with van der Waals surface area (Å²) in [4.78, 5) is 38.9. The Hall–Kier alpha value is -3.26. The third-order valence-electron chi connectivity index (χ3n) is 5.09. The first kappa shape index (κ1) is 25.4. The number of ether oxygens (including phenoxy) is 2. The molecular weight excluding hydrogens is 452 g/mol. The van der Waals surface area contributed by atoms with Crippen LogP contribution >= 0.6 is 11.8 Å². The van der Waals surface area contributed by atoms with E-state index in [1.165, 1.54) is 0 Å². The molecule has 1 N–H and O–H groups in total. The smallest absolute Gasteiger partial charge is 0.294 e. The summed E-state index contributed by atoms with van der Waals surface area (Å²) in [5, 5.41) is 2.26. The molecule has 1 aliphatic heterocycles. The largest absolute Gasteiger partial charge is 0.493 e. The highest BCUT2D eigenvalue weighted by atomic mass is 32.2. The van der Waals surface area contributed by atoms with Crippen molar-refractivity contribution in [2.45, 2.75) is 33.6 Å². The van der Waals surface area contributed by atoms with Crippen molar-refractivity contribution in [3.05, 3.63) is 58.5 Å². The molecule has 0 saturated carbocycles. The van der Waals surface area contributed by atoms with Crippen molar-refractivity contribution < 1.29 is 23.9 Å². The van der Waals surface area contributed by atoms with Crippen LogP contribution in [0.3, 0.4) is 0 Å². The molecule has 8 heteroatoms. The lowest BCUT2D eigenvalue weighted by Crippen LogP contribution is -2.36. The number of thioether (sulfide) groups is 1. The molecular formula is C26H30N2O5S. The van der Waals surface area contributed by atoms with E-state index in [1.807, 2.05) is 24.3 Å². The van der Waals surface area contributed by atoms with Crippen molar-refractivity contribution in [2.75, 3.05) is 25.6 Å². The molecule has 0 aliphatic carbocycles. The number of anilines is 1. The van der Waals surface area contributed by atoms with E-state index >= 15 is 0 Å². The van der Waals surface area contributed by atoms with E-state index in [2.05, 4.69) is 33.0 Å². The number of carbonyl (C=O) groups excluding carboxylic acids is 3. The van der Waals surface area contributed by atoms with Crippen LogP contribution in [0.4, 0.5) is 10.5 Å². The van der Waals surface area contributed by atoms with Crippen molar-refractivity contribution in [3.63, 3.8) is 0 Å². The van der Waals surface area contributed by atoms with E-state index in [0.717, 1.165) is 22.2 Å². The molecule has 0 bridgehead atoms. The van der Waals surface area contributed by atoms with Crippen LogP contribution in [-0.2, 0) is 9.59 Å². The summed E-state index contributed by atoms with van der Waals surface area (Å²) in [5.41, 5.74) is 2.46. The fourth-order valence-corrected chi connectivity index (χ4v) is 4.07. The Morgan fingerprint density at radius 1 is 1.06 bits per heavy atom. The Labute approximate surface area is 204 Å². The Kier molecular flexibility index (Phi) is 8.39. The van der Waals surface area contributed by atoms with Crippen LogP contribution in [0.25, 0.3) is 6.08 Å². The normalized spacial score (nSPS) is 14.9. The molecule has 1 aliphatic rings. The summed E-state index contributed by atoms with van der Waals surface area (Å²) >= 11 is 0.808. The van der Waals surface area contributed by atoms with Crippen LogP contribution in [0.5, 0.6) is 11.5 Å². The van der Waals surface area contributed by atoms with Gasteiger partial charge in [0.15, 0.2) is 11.5 Å². The Morgan fingerprint density at radius 3 is 2.38 bits per heavy atom. The van der Waals surface area contributed by atoms with Crippen molar-refractivity contribution in [3.8, 4) is 11.5 Å². The standard InChI is InChI=1S/C26H30N2O5S/c1-16(2)15-33-21-11-6-18(12-22(21)32-5)13-23-25(30)28(26(31)34-23)14-24(29)27-20-9-7-19(8-10-20)17(3)4/h6-13,16-17H,14-15H2,1-5H3,(H,27,29)/b23-13-. The zero-order valence-corrected chi connectivity index (χ0v) is 20.9. The van der Waals surface area contributed by atoms with Gasteiger partial charge in [0.25, 0.3) is 11.1 Å². The Bertz CT molecular complexity index is 1090. The summed E-state index contributed by atoms with van der Waals surface area (Å²) in [7, 11) is 1.55. The number of amides is 3. The Morgan fingerprint density at radius 2 is 1.76 bits per heavy atom. The van der Waals surface area contributed by atoms with Crippen LogP contribution in [0, 0.1) is 5.92 Å². The van der Waals surface area contributed by atoms with E-state index in [9.17, 15) is 14.4 Å². The van der Waals surface area contributed by atoms with Crippen LogP contribution in [0.2, 0.25) is 0 Å². The summed E-state index contributed by atoms with van der Waals surface area (Å²) in [5.74, 6) is 0.966. The minimum absolute atomic E-state index is 0.247. The van der Waals surface area contributed by atoms with E-state index in [0.29, 0.717) is 41.2 Å². The highest BCUT2D eigenvalue weighted by Crippen LogP contribution is 2.34. The van der Waals surface area contributed by atoms with Crippen molar-refractivity contribution in [1.82, 2.24) is 4.90 Å². The van der Waals surface area contributed by atoms with Gasteiger partial charge in [0.2, 0.25) is 5.91 Å². The molecule has 1 fully saturated rings. The maximum Gasteiger partial charge on any atom is 0.294 e. The first-order valence-electron chi connectivity index (χ1n) is 11.1. The zero-order chi connectivity index (χ0) is 24.8. The number of hydrogen-bond acceptors (Lipinski definition) is 6. The van der Waals surface area contributed by atoms with Crippen LogP contribution in [-0.4, -0.2) is 42.2 Å². The first-order chi connectivity index (χ1) is 16.2. The van der Waals surface area contributed by atoms with Gasteiger partial charge in [0, 0.05) is 5.69 Å². The highest BCUT2D eigenvalue weighted by molar-refractivity contribution is 8.18. The highest BCUT2D eigenvalue weighted by Gasteiger charge is 2.36. The number of benzene rings is 2. The predicted octanol–water partition coefficient (Wildman–Crippen LogP) is 5.53. The lowest BCUT2D eigenvalue weighted by molar-refractivity contribution is -0.127. The topological polar surface area (TPSA) is 84.9 Å². The molecule has 0 radical (unpaired) electrons. The van der Waals surface area contributed by atoms with Gasteiger partial charge in [0.05, 0.1) is 18.6 Å². The van der Waals surface area contributed by atoms with Gasteiger partial charge in [-0.05, 0) is 65.1 Å². The molecule has 180 valence electrons. The molecule has 3 amide bonds. The number of nitrogens with zero attached hydrogens (tertiary/aromatic N) is 1. The van der Waals surface area contributed by atoms with E-state index in [-0.39, 0.29) is 11.4 Å². The van der Waals surface area contributed by atoms with Gasteiger partial charge in [-0.1, -0.05) is 45.9 Å². The van der Waals surface area contributed by atoms with Gasteiger partial charge >= 0.3 is 0 Å². The van der Waals surface area contributed by atoms with E-state index < -0.39 is 17.1 Å². The average Bonchev–Trinajstić information content (AvgIpc) is 3.05. The molecule has 0 spiro atoms. The number of nitrogens with one attached hydrogen (secondary N) is 1. The minimum Gasteiger partial charge on any atom is -0.493 e. The molecule has 0 unspecified atom stereocenters. The SMILES string of the molecule is COc1cc(/C=C2\SC(=O)N(CC(=O)Nc3ccc(C(C)C)cc3)C2=O)ccc1OCC(C)C. The summed E-state index contributed by atoms with van der Waals surface area (Å²) in [6.07, 6.45) is 1.61. The Balaban J connectivity index is 1.67. The van der Waals surface area contributed by atoms with Crippen molar-refractivity contribution in [1.29, 1.82) is 0 Å². The molecule has 1 saturated heterocycles. The number of rotatable bonds is 9. The second kappa shape index (κ2) is 11.2. The third-order valence-corrected chi connectivity index (χ3v) is 6.00. The molecule has 3 rings (SSSR count). The quantitative estimate of drug-likeness (QED) is 0.473. The predicted molar refractivity (Wildman–Crippen MR) is 135 cm³/mol. The van der Waals surface area contributed by atoms with Crippen molar-refractivity contribution >= 4 is 40.6 Å². The maximum atomic E-state index is 12.8. The van der Waals surface area contributed by atoms with E-state index in [4.69, 9.17) is 9.47 Å². The van der Waals surface area contributed by atoms with E-state index in [1.54, 1.807) is 31.4 Å². The van der Waals surface area contributed by atoms with Crippen LogP contribution < -0.4 is 14.8 Å². The zero-order valence-electron chi connectivity index (χ0n) is 20.1. The molecule has 2 aromatic rings. The number of hydrogen-bond donors (Lipinski definition) is 1. The first-order valence-corrected chi connectivity index (χ1v) is 12.0. The molecule has 0 atom stereocenters. The summed E-state index contributed by atoms with van der Waals surface area (Å²) in [6, 6.07) is 12.8. The number of carbonyl (C=O) groups is 3. The minimum atomic E-state index is -0.501. The lowest BCUT2D eigenvalue weighted by atomic mass is 10.0. The molecule has 34 heavy (non-hydrogen) atoms. The second-order valence-corrected chi connectivity index (χ2v) is 9.70. The monoisotopic (exact) mass is 482 g/mol. The van der Waals surface area contributed by atoms with Crippen LogP contribution in [0.1, 0.15) is 44.7 Å². The fraction of sp³-hybridized carbons (Fsp3) is 0.346. The molecule has 0 aromatic heterocycles. The van der Waals surface area contributed by atoms with Crippen molar-refractivity contribution in [2.24, 2.45) is 5.92 Å². The lowest BCUT2D eigenvalue weighted by Gasteiger charge is -2.13.